The first-order valence-electron chi connectivity index (χ1n) is 21.8. The normalized spacial score (nSPS) is 12.2. The van der Waals surface area contributed by atoms with Crippen molar-refractivity contribution >= 4 is 43.1 Å². The molecule has 0 N–H and O–H groups in total. The van der Waals surface area contributed by atoms with Gasteiger partial charge in [0.1, 0.15) is 0 Å². The van der Waals surface area contributed by atoms with Crippen LogP contribution in [0.2, 0.25) is 0 Å². The van der Waals surface area contributed by atoms with Crippen molar-refractivity contribution < 1.29 is 0 Å². The largest absolute Gasteiger partial charge is 0.0654 e. The lowest BCUT2D eigenvalue weighted by Gasteiger charge is -2.23. The van der Waals surface area contributed by atoms with Crippen LogP contribution < -0.4 is 0 Å². The summed E-state index contributed by atoms with van der Waals surface area (Å²) in [4.78, 5) is 0. The van der Waals surface area contributed by atoms with Crippen LogP contribution in [0.15, 0.2) is 84.9 Å². The van der Waals surface area contributed by atoms with E-state index in [4.69, 9.17) is 0 Å². The summed E-state index contributed by atoms with van der Waals surface area (Å²) in [6.07, 6.45) is 29.8. The number of hydrogen-bond acceptors (Lipinski definition) is 0. The summed E-state index contributed by atoms with van der Waals surface area (Å²) in [6.45, 7) is 4.63. The fourth-order valence-electron chi connectivity index (χ4n) is 9.75. The van der Waals surface area contributed by atoms with E-state index < -0.39 is 0 Å². The molecular formula is C52H64. The zero-order chi connectivity index (χ0) is 35.5. The average molecular weight is 689 g/mol. The third-order valence-corrected chi connectivity index (χ3v) is 12.4. The lowest BCUT2D eigenvalue weighted by Crippen LogP contribution is -2.01. The molecule has 0 radical (unpaired) electrons. The van der Waals surface area contributed by atoms with Gasteiger partial charge in [0.05, 0.1) is 0 Å². The summed E-state index contributed by atoms with van der Waals surface area (Å²) in [5.41, 5.74) is 9.32. The third-order valence-electron chi connectivity index (χ3n) is 12.4. The van der Waals surface area contributed by atoms with Crippen molar-refractivity contribution in [2.45, 2.75) is 155 Å². The molecule has 1 aliphatic rings. The Morgan fingerprint density at radius 3 is 1.04 bits per heavy atom. The molecule has 6 aromatic carbocycles. The lowest BCUT2D eigenvalue weighted by atomic mass is 9.80. The van der Waals surface area contributed by atoms with Crippen molar-refractivity contribution in [1.82, 2.24) is 0 Å². The van der Waals surface area contributed by atoms with Gasteiger partial charge in [-0.3, -0.25) is 0 Å². The van der Waals surface area contributed by atoms with Gasteiger partial charge < -0.3 is 0 Å². The number of hydrogen-bond donors (Lipinski definition) is 0. The summed E-state index contributed by atoms with van der Waals surface area (Å²) >= 11 is 0. The minimum absolute atomic E-state index is 1.15. The monoisotopic (exact) mass is 689 g/mol. The average Bonchev–Trinajstić information content (AvgIpc) is 3.52. The van der Waals surface area contributed by atoms with Crippen LogP contribution >= 0.6 is 0 Å². The van der Waals surface area contributed by atoms with Crippen molar-refractivity contribution in [1.29, 1.82) is 0 Å². The summed E-state index contributed by atoms with van der Waals surface area (Å²) in [6, 6.07) is 32.9. The Labute approximate surface area is 315 Å². The maximum atomic E-state index is 2.44. The molecule has 0 fully saturated rings. The Morgan fingerprint density at radius 1 is 0.308 bits per heavy atom. The third kappa shape index (κ3) is 7.83. The van der Waals surface area contributed by atoms with E-state index in [1.165, 1.54) is 172 Å². The second-order valence-electron chi connectivity index (χ2n) is 16.1. The first kappa shape index (κ1) is 36.7. The van der Waals surface area contributed by atoms with E-state index >= 15 is 0 Å². The molecule has 0 heterocycles. The number of aryl methyl sites for hydroxylation is 2. The van der Waals surface area contributed by atoms with Crippen molar-refractivity contribution in [3.8, 4) is 22.3 Å². The molecule has 0 spiro atoms. The van der Waals surface area contributed by atoms with Gasteiger partial charge in [-0.15, -0.1) is 0 Å². The smallest absolute Gasteiger partial charge is 0.00262 e. The van der Waals surface area contributed by atoms with E-state index in [1.54, 1.807) is 33.0 Å². The lowest BCUT2D eigenvalue weighted by molar-refractivity contribution is 0.556. The first-order chi connectivity index (χ1) is 25.8. The molecule has 52 heavy (non-hydrogen) atoms. The Bertz CT molecular complexity index is 1930. The summed E-state index contributed by atoms with van der Waals surface area (Å²) in [5.74, 6) is 0. The van der Waals surface area contributed by atoms with Crippen LogP contribution in [0.5, 0.6) is 0 Å². The maximum Gasteiger partial charge on any atom is -0.00262 e. The van der Waals surface area contributed by atoms with Crippen molar-refractivity contribution in [3.63, 3.8) is 0 Å². The molecule has 0 atom stereocenters. The highest BCUT2D eigenvalue weighted by Crippen LogP contribution is 2.55. The molecule has 7 rings (SSSR count). The summed E-state index contributed by atoms with van der Waals surface area (Å²) in [7, 11) is 0. The summed E-state index contributed by atoms with van der Waals surface area (Å²) in [5, 5.41) is 11.7. The predicted octanol–water partition coefficient (Wildman–Crippen LogP) is 16.9. The maximum absolute atomic E-state index is 2.44. The molecule has 6 aromatic rings. The molecule has 272 valence electrons. The van der Waals surface area contributed by atoms with Gasteiger partial charge in [-0.1, -0.05) is 214 Å². The van der Waals surface area contributed by atoms with E-state index in [0.717, 1.165) is 12.8 Å². The fraction of sp³-hybridized carbons (Fsp3) is 0.462. The molecule has 0 saturated heterocycles. The number of fused-ring (bicyclic) bond motifs is 9. The minimum atomic E-state index is 1.15. The van der Waals surface area contributed by atoms with Gasteiger partial charge in [-0.05, 0) is 102 Å². The number of benzene rings is 6. The van der Waals surface area contributed by atoms with Crippen molar-refractivity contribution in [2.24, 2.45) is 0 Å². The molecule has 0 heteroatoms. The van der Waals surface area contributed by atoms with Crippen LogP contribution in [0.4, 0.5) is 0 Å². The van der Waals surface area contributed by atoms with E-state index in [-0.39, 0.29) is 0 Å². The van der Waals surface area contributed by atoms with Crippen molar-refractivity contribution in [3.05, 3.63) is 96.1 Å². The Hall–Kier alpha value is -3.64. The van der Waals surface area contributed by atoms with Crippen LogP contribution in [0.25, 0.3) is 65.3 Å². The Balaban J connectivity index is 1.27. The van der Waals surface area contributed by atoms with Crippen LogP contribution in [-0.4, -0.2) is 0 Å². The zero-order valence-corrected chi connectivity index (χ0v) is 32.6. The van der Waals surface area contributed by atoms with Gasteiger partial charge >= 0.3 is 0 Å². The second-order valence-corrected chi connectivity index (χ2v) is 16.1. The quantitative estimate of drug-likeness (QED) is 0.0491. The van der Waals surface area contributed by atoms with Gasteiger partial charge in [-0.25, -0.2) is 0 Å². The zero-order valence-electron chi connectivity index (χ0n) is 32.6. The fourth-order valence-corrected chi connectivity index (χ4v) is 9.75. The van der Waals surface area contributed by atoms with Crippen LogP contribution in [0.3, 0.4) is 0 Å². The molecular weight excluding hydrogens is 625 g/mol. The van der Waals surface area contributed by atoms with Crippen LogP contribution in [0, 0.1) is 0 Å². The summed E-state index contributed by atoms with van der Waals surface area (Å²) < 4.78 is 0. The van der Waals surface area contributed by atoms with Gasteiger partial charge in [-0.2, -0.15) is 0 Å². The molecule has 1 aliphatic carbocycles. The molecule has 0 bridgehead atoms. The molecule has 0 amide bonds. The van der Waals surface area contributed by atoms with Gasteiger partial charge in [0.2, 0.25) is 0 Å². The highest BCUT2D eigenvalue weighted by molar-refractivity contribution is 6.31. The van der Waals surface area contributed by atoms with Crippen LogP contribution in [0.1, 0.15) is 153 Å². The molecule has 0 aliphatic heterocycles. The topological polar surface area (TPSA) is 0 Å². The number of rotatable bonds is 22. The molecule has 0 unspecified atom stereocenters. The number of unbranched alkanes of at least 4 members (excludes halogenated alkanes) is 18. The van der Waals surface area contributed by atoms with Gasteiger partial charge in [0.25, 0.3) is 0 Å². The SMILES string of the molecule is CCCCCCCCCCCCc1c2c(c(CCCCCCCCCCCC)c3c4ccccc4c4ccccc4c13)-c1cccc3cccc-2c13. The highest BCUT2D eigenvalue weighted by Gasteiger charge is 2.30. The molecule has 0 saturated carbocycles. The molecule has 0 nitrogen and oxygen atoms in total. The van der Waals surface area contributed by atoms with E-state index in [1.807, 2.05) is 0 Å². The Morgan fingerprint density at radius 2 is 0.654 bits per heavy atom. The van der Waals surface area contributed by atoms with Gasteiger partial charge in [0, 0.05) is 0 Å². The first-order valence-corrected chi connectivity index (χ1v) is 21.8. The minimum Gasteiger partial charge on any atom is -0.0654 e. The van der Waals surface area contributed by atoms with E-state index in [9.17, 15) is 0 Å². The highest BCUT2D eigenvalue weighted by atomic mass is 14.3. The molecule has 0 aromatic heterocycles. The standard InChI is InChI=1S/C52H64/c1-3-5-7-9-11-13-15-17-19-21-35-46-49-42-33-25-23-31-40(42)41-32-24-26-34-43(41)50(49)47(36-22-20-18-16-14-12-10-8-6-4-2)52-45-38-28-30-39-29-27-37-44(48(39)45)51(46)52/h23-34,37-38H,3-22,35-36H2,1-2H3. The van der Waals surface area contributed by atoms with Gasteiger partial charge in [0.15, 0.2) is 0 Å². The van der Waals surface area contributed by atoms with E-state index in [2.05, 4.69) is 98.8 Å². The Kier molecular flexibility index (Phi) is 13.0. The second kappa shape index (κ2) is 18.4. The van der Waals surface area contributed by atoms with Crippen molar-refractivity contribution in [2.75, 3.05) is 0 Å². The van der Waals surface area contributed by atoms with Crippen LogP contribution in [-0.2, 0) is 12.8 Å². The predicted molar refractivity (Wildman–Crippen MR) is 232 cm³/mol. The van der Waals surface area contributed by atoms with E-state index in [0.29, 0.717) is 0 Å².